The number of para-hydroxylation sites is 1. The van der Waals surface area contributed by atoms with E-state index in [-0.39, 0.29) is 24.2 Å². The van der Waals surface area contributed by atoms with Gasteiger partial charge < -0.3 is 15.5 Å². The highest BCUT2D eigenvalue weighted by Crippen LogP contribution is 2.30. The number of hydrogen-bond acceptors (Lipinski definition) is 5. The molecule has 1 saturated heterocycles. The Balaban J connectivity index is 0.00000243. The first-order valence-corrected chi connectivity index (χ1v) is 9.26. The molecule has 3 rings (SSSR count). The van der Waals surface area contributed by atoms with Crippen molar-refractivity contribution in [2.45, 2.75) is 18.9 Å². The number of anilines is 1. The number of nitrogens with two attached hydrogens (primary N) is 1. The number of amides is 2. The zero-order valence-electron chi connectivity index (χ0n) is 14.2. The summed E-state index contributed by atoms with van der Waals surface area (Å²) in [7, 11) is 1.64. The van der Waals surface area contributed by atoms with Gasteiger partial charge in [-0.2, -0.15) is 0 Å². The minimum absolute atomic E-state index is 0. The monoisotopic (exact) mass is 414 g/mol. The maximum atomic E-state index is 12.8. The Kier molecular flexibility index (Phi) is 7.00. The van der Waals surface area contributed by atoms with Gasteiger partial charge in [0.25, 0.3) is 5.91 Å². The Bertz CT molecular complexity index is 799. The maximum absolute atomic E-state index is 12.8. The highest BCUT2D eigenvalue weighted by Gasteiger charge is 2.38. The van der Waals surface area contributed by atoms with Crippen molar-refractivity contribution in [1.82, 2.24) is 9.88 Å². The molecule has 1 aromatic heterocycles. The molecule has 0 saturated carbocycles. The molecule has 1 atom stereocenters. The van der Waals surface area contributed by atoms with E-state index < -0.39 is 6.04 Å². The highest BCUT2D eigenvalue weighted by atomic mass is 35.5. The van der Waals surface area contributed by atoms with Crippen molar-refractivity contribution in [3.8, 4) is 0 Å². The number of carbonyl (C=O) groups is 2. The summed E-state index contributed by atoms with van der Waals surface area (Å²) < 4.78 is 0. The SMILES string of the molecule is CN(C(=O)c1csc(CCN)n1)C1CCN(c2ccccc2Cl)C1=O.Cl. The standard InChI is InChI=1S/C17H19ClN4O2S.ClH/c1-21(16(23)12-10-25-15(20-12)6-8-19)14-7-9-22(17(14)24)13-5-3-2-4-11(13)18;/h2-5,10,14H,6-9,19H2,1H3;1H. The van der Waals surface area contributed by atoms with Gasteiger partial charge in [-0.15, -0.1) is 23.7 Å². The van der Waals surface area contributed by atoms with Gasteiger partial charge in [-0.1, -0.05) is 23.7 Å². The quantitative estimate of drug-likeness (QED) is 0.814. The van der Waals surface area contributed by atoms with Gasteiger partial charge >= 0.3 is 0 Å². The van der Waals surface area contributed by atoms with Crippen LogP contribution >= 0.6 is 35.3 Å². The number of rotatable bonds is 5. The first kappa shape index (κ1) is 20.6. The number of thiazole rings is 1. The van der Waals surface area contributed by atoms with Gasteiger partial charge in [0.05, 0.1) is 15.7 Å². The second-order valence-corrected chi connectivity index (χ2v) is 7.18. The molecule has 1 unspecified atom stereocenters. The summed E-state index contributed by atoms with van der Waals surface area (Å²) in [6.07, 6.45) is 1.20. The van der Waals surface area contributed by atoms with Crippen molar-refractivity contribution in [1.29, 1.82) is 0 Å². The van der Waals surface area contributed by atoms with E-state index in [1.165, 1.54) is 16.2 Å². The van der Waals surface area contributed by atoms with Gasteiger partial charge in [0, 0.05) is 25.4 Å². The zero-order valence-corrected chi connectivity index (χ0v) is 16.6. The topological polar surface area (TPSA) is 79.5 Å². The number of hydrogen-bond donors (Lipinski definition) is 1. The molecule has 0 aliphatic carbocycles. The van der Waals surface area contributed by atoms with Crippen molar-refractivity contribution in [2.75, 3.05) is 25.0 Å². The fourth-order valence-corrected chi connectivity index (χ4v) is 3.93. The van der Waals surface area contributed by atoms with Gasteiger partial charge in [0.2, 0.25) is 5.91 Å². The first-order valence-electron chi connectivity index (χ1n) is 8.00. The molecule has 0 bridgehead atoms. The first-order chi connectivity index (χ1) is 12.0. The molecule has 1 aliphatic heterocycles. The molecule has 26 heavy (non-hydrogen) atoms. The average Bonchev–Trinajstić information content (AvgIpc) is 3.21. The Morgan fingerprint density at radius 2 is 2.19 bits per heavy atom. The Labute approximate surface area is 167 Å². The van der Waals surface area contributed by atoms with Gasteiger partial charge in [0.1, 0.15) is 11.7 Å². The summed E-state index contributed by atoms with van der Waals surface area (Å²) in [5, 5.41) is 3.07. The van der Waals surface area contributed by atoms with Gasteiger partial charge in [-0.25, -0.2) is 4.98 Å². The van der Waals surface area contributed by atoms with Crippen LogP contribution in [0.2, 0.25) is 5.02 Å². The van der Waals surface area contributed by atoms with Gasteiger partial charge in [-0.05, 0) is 25.1 Å². The second kappa shape index (κ2) is 8.81. The van der Waals surface area contributed by atoms with Crippen LogP contribution < -0.4 is 10.6 Å². The largest absolute Gasteiger partial charge is 0.330 e. The van der Waals surface area contributed by atoms with Crippen LogP contribution in [0.3, 0.4) is 0 Å². The molecule has 0 spiro atoms. The summed E-state index contributed by atoms with van der Waals surface area (Å²) >= 11 is 7.61. The Morgan fingerprint density at radius 3 is 2.88 bits per heavy atom. The van der Waals surface area contributed by atoms with E-state index in [0.29, 0.717) is 42.3 Å². The third-order valence-electron chi connectivity index (χ3n) is 4.24. The van der Waals surface area contributed by atoms with E-state index in [4.69, 9.17) is 17.3 Å². The third-order valence-corrected chi connectivity index (χ3v) is 5.47. The lowest BCUT2D eigenvalue weighted by Crippen LogP contribution is -2.43. The number of benzene rings is 1. The molecule has 140 valence electrons. The minimum Gasteiger partial charge on any atom is -0.330 e. The average molecular weight is 415 g/mol. The Hall–Kier alpha value is -1.67. The van der Waals surface area contributed by atoms with Crippen molar-refractivity contribution >= 4 is 52.8 Å². The lowest BCUT2D eigenvalue weighted by atomic mass is 10.2. The fourth-order valence-electron chi connectivity index (χ4n) is 2.90. The molecule has 2 amide bonds. The van der Waals surface area contributed by atoms with E-state index in [1.54, 1.807) is 23.4 Å². The van der Waals surface area contributed by atoms with E-state index in [9.17, 15) is 9.59 Å². The van der Waals surface area contributed by atoms with Crippen molar-refractivity contribution in [3.63, 3.8) is 0 Å². The van der Waals surface area contributed by atoms with Crippen LogP contribution in [0.15, 0.2) is 29.6 Å². The molecule has 1 aliphatic rings. The summed E-state index contributed by atoms with van der Waals surface area (Å²) in [5.74, 6) is -0.375. The van der Waals surface area contributed by atoms with Crippen molar-refractivity contribution in [3.05, 3.63) is 45.4 Å². The van der Waals surface area contributed by atoms with Crippen LogP contribution in [0, 0.1) is 0 Å². The molecule has 6 nitrogen and oxygen atoms in total. The lowest BCUT2D eigenvalue weighted by molar-refractivity contribution is -0.120. The van der Waals surface area contributed by atoms with E-state index in [0.717, 1.165) is 5.01 Å². The van der Waals surface area contributed by atoms with E-state index in [1.807, 2.05) is 18.2 Å². The minimum atomic E-state index is -0.511. The molecule has 9 heteroatoms. The molecule has 1 fully saturated rings. The summed E-state index contributed by atoms with van der Waals surface area (Å²) in [6.45, 7) is 1.02. The summed E-state index contributed by atoms with van der Waals surface area (Å²) in [6, 6.07) is 6.71. The van der Waals surface area contributed by atoms with Crippen LogP contribution in [0.1, 0.15) is 21.9 Å². The van der Waals surface area contributed by atoms with Crippen LogP contribution in [0.5, 0.6) is 0 Å². The molecule has 0 radical (unpaired) electrons. The number of carbonyl (C=O) groups excluding carboxylic acids is 2. The maximum Gasteiger partial charge on any atom is 0.273 e. The summed E-state index contributed by atoms with van der Waals surface area (Å²) in [4.78, 5) is 32.8. The van der Waals surface area contributed by atoms with Crippen molar-refractivity contribution < 1.29 is 9.59 Å². The lowest BCUT2D eigenvalue weighted by Gasteiger charge is -2.23. The van der Waals surface area contributed by atoms with Crippen LogP contribution in [-0.2, 0) is 11.2 Å². The number of nitrogens with zero attached hydrogens (tertiary/aromatic N) is 3. The number of likely N-dealkylation sites (N-methyl/N-ethyl adjacent to an activating group) is 1. The zero-order chi connectivity index (χ0) is 18.0. The van der Waals surface area contributed by atoms with E-state index in [2.05, 4.69) is 4.98 Å². The third kappa shape index (κ3) is 4.01. The molecule has 1 aromatic carbocycles. The summed E-state index contributed by atoms with van der Waals surface area (Å²) in [5.41, 5.74) is 6.55. The van der Waals surface area contributed by atoms with E-state index >= 15 is 0 Å². The van der Waals surface area contributed by atoms with Gasteiger partial charge in [-0.3, -0.25) is 9.59 Å². The molecule has 2 heterocycles. The number of aromatic nitrogens is 1. The predicted molar refractivity (Wildman–Crippen MR) is 106 cm³/mol. The molecule has 2 N–H and O–H groups in total. The molecular formula is C17H20Cl2N4O2S. The van der Waals surface area contributed by atoms with Crippen molar-refractivity contribution in [2.24, 2.45) is 5.73 Å². The number of halogens is 2. The van der Waals surface area contributed by atoms with Gasteiger partial charge in [0.15, 0.2) is 0 Å². The Morgan fingerprint density at radius 1 is 1.46 bits per heavy atom. The van der Waals surface area contributed by atoms with Crippen LogP contribution in [0.25, 0.3) is 0 Å². The molecule has 2 aromatic rings. The second-order valence-electron chi connectivity index (χ2n) is 5.83. The van der Waals surface area contributed by atoms with Crippen LogP contribution in [0.4, 0.5) is 5.69 Å². The van der Waals surface area contributed by atoms with Crippen LogP contribution in [-0.4, -0.2) is 47.9 Å². The fraction of sp³-hybridized carbons (Fsp3) is 0.353. The smallest absolute Gasteiger partial charge is 0.273 e. The normalized spacial score (nSPS) is 16.5. The molecular weight excluding hydrogens is 395 g/mol. The predicted octanol–water partition coefficient (Wildman–Crippen LogP) is 2.60. The highest BCUT2D eigenvalue weighted by molar-refractivity contribution is 7.09.